The first-order chi connectivity index (χ1) is 15.8. The van der Waals surface area contributed by atoms with Crippen LogP contribution in [0.1, 0.15) is 25.5 Å². The van der Waals surface area contributed by atoms with Crippen LogP contribution in [0, 0.1) is 0 Å². The summed E-state index contributed by atoms with van der Waals surface area (Å²) in [6.07, 6.45) is 0. The number of rotatable bonds is 10. The van der Waals surface area contributed by atoms with E-state index < -0.39 is 15.9 Å². The molecule has 174 valence electrons. The molecule has 0 spiro atoms. The van der Waals surface area contributed by atoms with E-state index >= 15 is 0 Å². The zero-order valence-corrected chi connectivity index (χ0v) is 19.7. The number of sulfonamides is 1. The van der Waals surface area contributed by atoms with Gasteiger partial charge in [0.1, 0.15) is 18.0 Å². The van der Waals surface area contributed by atoms with Gasteiger partial charge in [-0.25, -0.2) is 8.42 Å². The van der Waals surface area contributed by atoms with Crippen molar-refractivity contribution in [2.75, 3.05) is 24.6 Å². The van der Waals surface area contributed by atoms with Crippen LogP contribution < -0.4 is 19.1 Å². The summed E-state index contributed by atoms with van der Waals surface area (Å²) in [7, 11) is -2.48. The number of methoxy groups -OCH3 is 1. The predicted octanol–water partition coefficient (Wildman–Crippen LogP) is 4.17. The number of benzene rings is 3. The van der Waals surface area contributed by atoms with Gasteiger partial charge in [-0.05, 0) is 67.9 Å². The average molecular weight is 469 g/mol. The van der Waals surface area contributed by atoms with Gasteiger partial charge < -0.3 is 14.8 Å². The fourth-order valence-corrected chi connectivity index (χ4v) is 4.73. The van der Waals surface area contributed by atoms with Crippen molar-refractivity contribution in [3.63, 3.8) is 0 Å². The van der Waals surface area contributed by atoms with Crippen molar-refractivity contribution in [1.82, 2.24) is 5.32 Å². The Labute approximate surface area is 195 Å². The molecule has 0 bridgehead atoms. The Morgan fingerprint density at radius 2 is 1.55 bits per heavy atom. The Hall–Kier alpha value is -3.52. The lowest BCUT2D eigenvalue weighted by atomic mass is 10.1. The molecule has 3 aromatic rings. The van der Waals surface area contributed by atoms with E-state index in [2.05, 4.69) is 5.32 Å². The first kappa shape index (κ1) is 24.1. The number of para-hydroxylation sites is 1. The first-order valence-corrected chi connectivity index (χ1v) is 12.0. The number of ether oxygens (including phenoxy) is 2. The minimum absolute atomic E-state index is 0.0690. The van der Waals surface area contributed by atoms with E-state index in [1.54, 1.807) is 42.5 Å². The van der Waals surface area contributed by atoms with Gasteiger partial charge in [0, 0.05) is 0 Å². The molecular formula is C25H28N2O5S. The number of hydrogen-bond donors (Lipinski definition) is 1. The second-order valence-corrected chi connectivity index (χ2v) is 9.18. The Kier molecular flexibility index (Phi) is 7.95. The standard InChI is InChI=1S/C25H28N2O5S/c1-4-32-23-12-10-20(11-13-23)19(2)26-25(28)18-27(21-8-6-5-7-9-21)33(29,30)24-16-14-22(31-3)15-17-24/h5-17,19H,4,18H2,1-3H3,(H,26,28)/t19-/m0/s1. The molecule has 8 heteroatoms. The summed E-state index contributed by atoms with van der Waals surface area (Å²) >= 11 is 0. The number of carbonyl (C=O) groups excluding carboxylic acids is 1. The van der Waals surface area contributed by atoms with Gasteiger partial charge in [-0.1, -0.05) is 30.3 Å². The molecule has 0 aromatic heterocycles. The first-order valence-electron chi connectivity index (χ1n) is 10.6. The van der Waals surface area contributed by atoms with Gasteiger partial charge in [0.25, 0.3) is 10.0 Å². The van der Waals surface area contributed by atoms with Gasteiger partial charge in [-0.2, -0.15) is 0 Å². The molecular weight excluding hydrogens is 440 g/mol. The summed E-state index contributed by atoms with van der Waals surface area (Å²) in [5, 5.41) is 2.88. The molecule has 0 fully saturated rings. The lowest BCUT2D eigenvalue weighted by Crippen LogP contribution is -2.41. The maximum atomic E-state index is 13.4. The highest BCUT2D eigenvalue weighted by Crippen LogP contribution is 2.25. The van der Waals surface area contributed by atoms with E-state index in [0.717, 1.165) is 15.6 Å². The molecule has 3 rings (SSSR count). The Balaban J connectivity index is 1.80. The molecule has 0 aliphatic heterocycles. The topological polar surface area (TPSA) is 84.9 Å². The Morgan fingerprint density at radius 1 is 0.939 bits per heavy atom. The van der Waals surface area contributed by atoms with Crippen molar-refractivity contribution in [2.45, 2.75) is 24.8 Å². The van der Waals surface area contributed by atoms with Crippen LogP contribution in [-0.2, 0) is 14.8 Å². The largest absolute Gasteiger partial charge is 0.497 e. The van der Waals surface area contributed by atoms with Gasteiger partial charge >= 0.3 is 0 Å². The molecule has 3 aromatic carbocycles. The van der Waals surface area contributed by atoms with E-state index in [4.69, 9.17) is 9.47 Å². The molecule has 33 heavy (non-hydrogen) atoms. The normalized spacial score (nSPS) is 12.0. The zero-order chi connectivity index (χ0) is 23.8. The molecule has 0 radical (unpaired) electrons. The van der Waals surface area contributed by atoms with Gasteiger partial charge in [-0.15, -0.1) is 0 Å². The van der Waals surface area contributed by atoms with Crippen molar-refractivity contribution >= 4 is 21.6 Å². The summed E-state index contributed by atoms with van der Waals surface area (Å²) in [6, 6.07) is 21.7. The van der Waals surface area contributed by atoms with E-state index in [-0.39, 0.29) is 17.5 Å². The van der Waals surface area contributed by atoms with Crippen molar-refractivity contribution in [1.29, 1.82) is 0 Å². The Bertz CT molecular complexity index is 1150. The molecule has 0 saturated heterocycles. The minimum Gasteiger partial charge on any atom is -0.497 e. The minimum atomic E-state index is -3.99. The van der Waals surface area contributed by atoms with E-state index in [0.29, 0.717) is 18.0 Å². The summed E-state index contributed by atoms with van der Waals surface area (Å²) in [6.45, 7) is 3.97. The molecule has 0 saturated carbocycles. The second kappa shape index (κ2) is 10.9. The average Bonchev–Trinajstić information content (AvgIpc) is 2.83. The molecule has 0 heterocycles. The third-order valence-corrected chi connectivity index (χ3v) is 6.84. The molecule has 1 amide bonds. The van der Waals surface area contributed by atoms with Gasteiger partial charge in [-0.3, -0.25) is 9.10 Å². The second-order valence-electron chi connectivity index (χ2n) is 7.31. The zero-order valence-electron chi connectivity index (χ0n) is 18.9. The maximum absolute atomic E-state index is 13.4. The smallest absolute Gasteiger partial charge is 0.264 e. The quantitative estimate of drug-likeness (QED) is 0.483. The summed E-state index contributed by atoms with van der Waals surface area (Å²) in [5.41, 5.74) is 1.29. The van der Waals surface area contributed by atoms with Crippen LogP contribution in [0.25, 0.3) is 0 Å². The highest BCUT2D eigenvalue weighted by Gasteiger charge is 2.27. The Morgan fingerprint density at radius 3 is 2.12 bits per heavy atom. The van der Waals surface area contributed by atoms with Gasteiger partial charge in [0.15, 0.2) is 0 Å². The maximum Gasteiger partial charge on any atom is 0.264 e. The molecule has 0 aliphatic carbocycles. The third-order valence-electron chi connectivity index (χ3n) is 5.05. The molecule has 0 unspecified atom stereocenters. The third kappa shape index (κ3) is 6.04. The molecule has 1 N–H and O–H groups in total. The van der Waals surface area contributed by atoms with Crippen molar-refractivity contribution in [3.8, 4) is 11.5 Å². The highest BCUT2D eigenvalue weighted by atomic mass is 32.2. The van der Waals surface area contributed by atoms with Crippen molar-refractivity contribution in [2.24, 2.45) is 0 Å². The van der Waals surface area contributed by atoms with Crippen LogP contribution in [0.2, 0.25) is 0 Å². The number of anilines is 1. The van der Waals surface area contributed by atoms with Crippen molar-refractivity contribution < 1.29 is 22.7 Å². The van der Waals surface area contributed by atoms with E-state index in [1.807, 2.05) is 38.1 Å². The number of nitrogens with one attached hydrogen (secondary N) is 1. The van der Waals surface area contributed by atoms with Crippen molar-refractivity contribution in [3.05, 3.63) is 84.4 Å². The van der Waals surface area contributed by atoms with Crippen LogP contribution >= 0.6 is 0 Å². The van der Waals surface area contributed by atoms with Crippen LogP contribution in [0.3, 0.4) is 0 Å². The number of hydrogen-bond acceptors (Lipinski definition) is 5. The van der Waals surface area contributed by atoms with Crippen LogP contribution in [0.4, 0.5) is 5.69 Å². The van der Waals surface area contributed by atoms with Crippen LogP contribution in [0.15, 0.2) is 83.8 Å². The van der Waals surface area contributed by atoms with Gasteiger partial charge in [0.2, 0.25) is 5.91 Å². The van der Waals surface area contributed by atoms with Crippen LogP contribution in [-0.4, -0.2) is 34.6 Å². The molecule has 7 nitrogen and oxygen atoms in total. The fraction of sp³-hybridized carbons (Fsp3) is 0.240. The van der Waals surface area contributed by atoms with E-state index in [9.17, 15) is 13.2 Å². The van der Waals surface area contributed by atoms with Crippen LogP contribution in [0.5, 0.6) is 11.5 Å². The molecule has 1 atom stereocenters. The predicted molar refractivity (Wildman–Crippen MR) is 128 cm³/mol. The number of nitrogens with zero attached hydrogens (tertiary/aromatic N) is 1. The summed E-state index contributed by atoms with van der Waals surface area (Å²) in [4.78, 5) is 13.0. The highest BCUT2D eigenvalue weighted by molar-refractivity contribution is 7.92. The van der Waals surface area contributed by atoms with Gasteiger partial charge in [0.05, 0.1) is 30.3 Å². The van der Waals surface area contributed by atoms with E-state index in [1.165, 1.54) is 19.2 Å². The number of amides is 1. The summed E-state index contributed by atoms with van der Waals surface area (Å²) < 4.78 is 38.5. The fourth-order valence-electron chi connectivity index (χ4n) is 3.30. The SMILES string of the molecule is CCOc1ccc([C@H](C)NC(=O)CN(c2ccccc2)S(=O)(=O)c2ccc(OC)cc2)cc1. The summed E-state index contributed by atoms with van der Waals surface area (Å²) in [5.74, 6) is 0.875. The molecule has 0 aliphatic rings. The lowest BCUT2D eigenvalue weighted by molar-refractivity contribution is -0.120. The lowest BCUT2D eigenvalue weighted by Gasteiger charge is -2.25. The monoisotopic (exact) mass is 468 g/mol. The number of carbonyl (C=O) groups is 1.